The van der Waals surface area contributed by atoms with Crippen LogP contribution in [0.5, 0.6) is 5.75 Å². The van der Waals surface area contributed by atoms with Gasteiger partial charge in [0, 0.05) is 34.6 Å². The lowest BCUT2D eigenvalue weighted by molar-refractivity contribution is -0.135. The van der Waals surface area contributed by atoms with E-state index >= 15 is 0 Å². The van der Waals surface area contributed by atoms with E-state index in [0.717, 1.165) is 50.4 Å². The second-order valence-electron chi connectivity index (χ2n) is 10.4. The molecule has 3 N–H and O–H groups in total. The molecule has 6 rings (SSSR count). The standard InChI is InChI=1S/C30H33ClN6O4/c1-16-27(17(2)41-36-16)22-13-24-21(14-25(22)39-4)28-29(32-18(3)33-30(28)35-24)34-23(19-6-5-7-20(31)12-19)15-26(38)37-8-10-40-11-9-37/h5-7,12-14,18,23,33,35H,8-11,15H2,1-4H3,(H,32,34)/t18?,23-/m1/s1. The quantitative estimate of drug-likeness (QED) is 0.289. The van der Waals surface area contributed by atoms with Crippen molar-refractivity contribution in [2.24, 2.45) is 4.99 Å². The van der Waals surface area contributed by atoms with Crippen LogP contribution in [-0.2, 0) is 9.53 Å². The van der Waals surface area contributed by atoms with E-state index in [4.69, 9.17) is 30.6 Å². The smallest absolute Gasteiger partial charge is 0.225 e. The molecule has 0 bridgehead atoms. The maximum atomic E-state index is 13.4. The first-order valence-corrected chi connectivity index (χ1v) is 14.1. The van der Waals surface area contributed by atoms with Gasteiger partial charge in [0.05, 0.1) is 49.6 Å². The third kappa shape index (κ3) is 5.25. The maximum Gasteiger partial charge on any atom is 0.225 e. The minimum absolute atomic E-state index is 0.0540. The highest BCUT2D eigenvalue weighted by Crippen LogP contribution is 2.41. The number of amidine groups is 1. The SMILES string of the molecule is COc1cc2c3c([nH]c2cc1-c1c(C)noc1C)NC(C)N=C3N[C@H](CC(=O)N1CCOCC1)c1cccc(Cl)c1. The number of nitrogens with zero attached hydrogens (tertiary/aromatic N) is 3. The summed E-state index contributed by atoms with van der Waals surface area (Å²) in [5, 5.41) is 12.7. The molecule has 4 aromatic rings. The first-order valence-electron chi connectivity index (χ1n) is 13.7. The molecule has 41 heavy (non-hydrogen) atoms. The molecule has 1 amide bonds. The second kappa shape index (κ2) is 11.1. The monoisotopic (exact) mass is 576 g/mol. The number of H-pyrrole nitrogens is 1. The number of carbonyl (C=O) groups excluding carboxylic acids is 1. The fraction of sp³-hybridized carbons (Fsp3) is 0.367. The number of hydrogen-bond donors (Lipinski definition) is 3. The summed E-state index contributed by atoms with van der Waals surface area (Å²) >= 11 is 6.38. The minimum atomic E-state index is -0.352. The number of fused-ring (bicyclic) bond motifs is 3. The molecular weight excluding hydrogens is 544 g/mol. The first kappa shape index (κ1) is 27.2. The first-order chi connectivity index (χ1) is 19.8. The van der Waals surface area contributed by atoms with Crippen LogP contribution in [0.4, 0.5) is 5.82 Å². The van der Waals surface area contributed by atoms with Crippen molar-refractivity contribution in [2.45, 2.75) is 39.4 Å². The molecule has 0 spiro atoms. The summed E-state index contributed by atoms with van der Waals surface area (Å²) in [6, 6.07) is 11.3. The maximum absolute atomic E-state index is 13.4. The van der Waals surface area contributed by atoms with Gasteiger partial charge < -0.3 is 34.5 Å². The van der Waals surface area contributed by atoms with Gasteiger partial charge in [-0.15, -0.1) is 0 Å². The molecule has 214 valence electrons. The molecule has 0 saturated carbocycles. The topological polar surface area (TPSA) is 117 Å². The van der Waals surface area contributed by atoms with Gasteiger partial charge in [-0.1, -0.05) is 28.9 Å². The van der Waals surface area contributed by atoms with E-state index < -0.39 is 0 Å². The van der Waals surface area contributed by atoms with Gasteiger partial charge in [0.2, 0.25) is 5.91 Å². The van der Waals surface area contributed by atoms with Gasteiger partial charge in [0.1, 0.15) is 29.3 Å². The molecule has 2 aliphatic heterocycles. The van der Waals surface area contributed by atoms with Gasteiger partial charge in [0.25, 0.3) is 0 Å². The zero-order valence-electron chi connectivity index (χ0n) is 23.5. The fourth-order valence-corrected chi connectivity index (χ4v) is 5.87. The Bertz CT molecular complexity index is 1620. The summed E-state index contributed by atoms with van der Waals surface area (Å²) in [4.78, 5) is 23.7. The van der Waals surface area contributed by atoms with Crippen LogP contribution in [0.2, 0.25) is 5.02 Å². The third-order valence-electron chi connectivity index (χ3n) is 7.64. The molecule has 1 unspecified atom stereocenters. The van der Waals surface area contributed by atoms with E-state index in [1.54, 1.807) is 7.11 Å². The van der Waals surface area contributed by atoms with Crippen LogP contribution in [0, 0.1) is 13.8 Å². The van der Waals surface area contributed by atoms with E-state index in [1.165, 1.54) is 0 Å². The van der Waals surface area contributed by atoms with E-state index in [9.17, 15) is 4.79 Å². The lowest BCUT2D eigenvalue weighted by atomic mass is 9.99. The highest BCUT2D eigenvalue weighted by molar-refractivity contribution is 6.30. The van der Waals surface area contributed by atoms with Gasteiger partial charge >= 0.3 is 0 Å². The number of aliphatic imine (C=N–C) groups is 1. The Labute approximate surface area is 243 Å². The number of benzene rings is 2. The Hall–Kier alpha value is -4.02. The molecule has 2 aromatic carbocycles. The highest BCUT2D eigenvalue weighted by atomic mass is 35.5. The number of carbonyl (C=O) groups is 1. The number of halogens is 1. The van der Waals surface area contributed by atoms with Crippen molar-refractivity contribution in [2.75, 3.05) is 38.7 Å². The number of anilines is 1. The van der Waals surface area contributed by atoms with E-state index in [1.807, 2.05) is 56.0 Å². The summed E-state index contributed by atoms with van der Waals surface area (Å²) in [5.41, 5.74) is 5.29. The number of amides is 1. The fourth-order valence-electron chi connectivity index (χ4n) is 5.67. The van der Waals surface area contributed by atoms with Crippen LogP contribution in [0.3, 0.4) is 0 Å². The predicted octanol–water partition coefficient (Wildman–Crippen LogP) is 5.20. The molecule has 4 heterocycles. The van der Waals surface area contributed by atoms with Crippen LogP contribution in [0.25, 0.3) is 22.0 Å². The van der Waals surface area contributed by atoms with Gasteiger partial charge in [0.15, 0.2) is 0 Å². The molecule has 1 fully saturated rings. The lowest BCUT2D eigenvalue weighted by Crippen LogP contribution is -2.43. The Morgan fingerprint density at radius 3 is 2.73 bits per heavy atom. The molecule has 1 saturated heterocycles. The minimum Gasteiger partial charge on any atom is -0.496 e. The van der Waals surface area contributed by atoms with Gasteiger partial charge in [-0.3, -0.25) is 4.79 Å². The Morgan fingerprint density at radius 1 is 1.22 bits per heavy atom. The van der Waals surface area contributed by atoms with Crippen LogP contribution < -0.4 is 15.4 Å². The molecule has 0 radical (unpaired) electrons. The average Bonchev–Trinajstić information content (AvgIpc) is 3.49. The summed E-state index contributed by atoms with van der Waals surface area (Å²) in [7, 11) is 1.65. The number of hydrogen-bond acceptors (Lipinski definition) is 8. The van der Waals surface area contributed by atoms with Crippen molar-refractivity contribution in [3.8, 4) is 16.9 Å². The summed E-state index contributed by atoms with van der Waals surface area (Å²) in [6.45, 7) is 8.07. The average molecular weight is 577 g/mol. The number of aromatic amines is 1. The van der Waals surface area contributed by atoms with Crippen molar-refractivity contribution in [3.63, 3.8) is 0 Å². The van der Waals surface area contributed by atoms with E-state index in [2.05, 4.69) is 26.8 Å². The predicted molar refractivity (Wildman–Crippen MR) is 159 cm³/mol. The van der Waals surface area contributed by atoms with Crippen LogP contribution in [-0.4, -0.2) is 66.4 Å². The summed E-state index contributed by atoms with van der Waals surface area (Å²) in [6.07, 6.45) is 0.0511. The Balaban J connectivity index is 1.41. The molecule has 2 aromatic heterocycles. The summed E-state index contributed by atoms with van der Waals surface area (Å²) in [5.74, 6) is 3.00. The van der Waals surface area contributed by atoms with E-state index in [-0.39, 0.29) is 24.5 Å². The molecule has 2 atom stereocenters. The van der Waals surface area contributed by atoms with Crippen molar-refractivity contribution in [1.29, 1.82) is 0 Å². The molecule has 10 nitrogen and oxygen atoms in total. The number of rotatable bonds is 6. The van der Waals surface area contributed by atoms with Gasteiger partial charge in [-0.25, -0.2) is 4.99 Å². The molecule has 2 aliphatic rings. The largest absolute Gasteiger partial charge is 0.496 e. The highest BCUT2D eigenvalue weighted by Gasteiger charge is 2.29. The third-order valence-corrected chi connectivity index (χ3v) is 7.87. The molecular formula is C30H33ClN6O4. The zero-order valence-corrected chi connectivity index (χ0v) is 24.3. The number of methoxy groups -OCH3 is 1. The number of aromatic nitrogens is 2. The zero-order chi connectivity index (χ0) is 28.7. The summed E-state index contributed by atoms with van der Waals surface area (Å²) < 4.78 is 16.7. The Morgan fingerprint density at radius 2 is 2.02 bits per heavy atom. The number of morpholine rings is 1. The van der Waals surface area contributed by atoms with Crippen LogP contribution in [0.15, 0.2) is 45.9 Å². The van der Waals surface area contributed by atoms with Crippen molar-refractivity contribution in [3.05, 3.63) is 64.0 Å². The number of aryl methyl sites for hydroxylation is 2. The number of ether oxygens (including phenoxy) is 2. The van der Waals surface area contributed by atoms with E-state index in [0.29, 0.717) is 42.9 Å². The lowest BCUT2D eigenvalue weighted by Gasteiger charge is -2.30. The van der Waals surface area contributed by atoms with Crippen molar-refractivity contribution < 1.29 is 18.8 Å². The number of nitrogens with one attached hydrogen (secondary N) is 3. The van der Waals surface area contributed by atoms with Gasteiger partial charge in [-0.05, 0) is 50.6 Å². The normalized spacial score (nSPS) is 17.5. The van der Waals surface area contributed by atoms with Crippen molar-refractivity contribution in [1.82, 2.24) is 20.4 Å². The van der Waals surface area contributed by atoms with Crippen LogP contribution >= 0.6 is 11.6 Å². The Kier molecular flexibility index (Phi) is 7.35. The van der Waals surface area contributed by atoms with Crippen molar-refractivity contribution >= 4 is 40.1 Å². The van der Waals surface area contributed by atoms with Crippen LogP contribution in [0.1, 0.15) is 42.0 Å². The molecule has 0 aliphatic carbocycles. The second-order valence-corrected chi connectivity index (χ2v) is 10.9. The van der Waals surface area contributed by atoms with Gasteiger partial charge in [-0.2, -0.15) is 0 Å². The molecule has 11 heteroatoms.